The highest BCUT2D eigenvalue weighted by Crippen LogP contribution is 2.28. The molecule has 2 fully saturated rings. The Morgan fingerprint density at radius 2 is 2.21 bits per heavy atom. The van der Waals surface area contributed by atoms with E-state index >= 15 is 0 Å². The summed E-state index contributed by atoms with van der Waals surface area (Å²) in [4.78, 5) is 19.9. The van der Waals surface area contributed by atoms with E-state index in [1.54, 1.807) is 0 Å². The van der Waals surface area contributed by atoms with Crippen LogP contribution in [-0.2, 0) is 6.42 Å². The topological polar surface area (TPSA) is 45.2 Å². The summed E-state index contributed by atoms with van der Waals surface area (Å²) in [5.41, 5.74) is 3.89. The van der Waals surface area contributed by atoms with E-state index in [-0.39, 0.29) is 5.91 Å². The van der Waals surface area contributed by atoms with Crippen molar-refractivity contribution in [3.8, 4) is 0 Å². The third kappa shape index (κ3) is 2.69. The van der Waals surface area contributed by atoms with E-state index < -0.39 is 0 Å². The molecule has 4 rings (SSSR count). The average Bonchev–Trinajstić information content (AvgIpc) is 3.04. The molecule has 2 aromatic rings. The summed E-state index contributed by atoms with van der Waals surface area (Å²) in [5.74, 6) is 0.776. The van der Waals surface area contributed by atoms with Crippen molar-refractivity contribution in [2.24, 2.45) is 5.92 Å². The lowest BCUT2D eigenvalue weighted by molar-refractivity contribution is 0.0787. The fraction of sp³-hybridized carbons (Fsp3) is 0.500. The van der Waals surface area contributed by atoms with Gasteiger partial charge < -0.3 is 10.2 Å². The zero-order chi connectivity index (χ0) is 16.7. The Hall–Kier alpha value is -1.94. The molecule has 0 unspecified atom stereocenters. The Morgan fingerprint density at radius 3 is 3.00 bits per heavy atom. The van der Waals surface area contributed by atoms with Gasteiger partial charge in [0.2, 0.25) is 0 Å². The molecule has 4 nitrogen and oxygen atoms in total. The van der Waals surface area contributed by atoms with Crippen LogP contribution in [0, 0.1) is 12.8 Å². The number of amides is 1. The number of likely N-dealkylation sites (tertiary alicyclic amines) is 1. The Balaban J connectivity index is 1.71. The maximum atomic E-state index is 13.2. The largest absolute Gasteiger partial charge is 0.337 e. The predicted octanol–water partition coefficient (Wildman–Crippen LogP) is 2.93. The molecule has 0 radical (unpaired) electrons. The van der Waals surface area contributed by atoms with Gasteiger partial charge in [-0.2, -0.15) is 0 Å². The van der Waals surface area contributed by atoms with Crippen LogP contribution in [0.1, 0.15) is 41.4 Å². The molecule has 24 heavy (non-hydrogen) atoms. The van der Waals surface area contributed by atoms with Crippen molar-refractivity contribution in [3.63, 3.8) is 0 Å². The second-order valence-electron chi connectivity index (χ2n) is 7.19. The average molecular weight is 323 g/mol. The molecule has 2 saturated heterocycles. The number of hydrogen-bond acceptors (Lipinski definition) is 3. The molecular formula is C20H25N3O. The molecule has 4 heteroatoms. The van der Waals surface area contributed by atoms with E-state index in [4.69, 9.17) is 0 Å². The van der Waals surface area contributed by atoms with Gasteiger partial charge in [-0.3, -0.25) is 9.78 Å². The quantitative estimate of drug-likeness (QED) is 0.924. The van der Waals surface area contributed by atoms with Crippen LogP contribution < -0.4 is 5.32 Å². The molecular weight excluding hydrogens is 298 g/mol. The van der Waals surface area contributed by atoms with E-state index in [1.165, 1.54) is 18.4 Å². The molecule has 2 aliphatic rings. The first-order valence-electron chi connectivity index (χ1n) is 9.08. The number of carbonyl (C=O) groups excluding carboxylic acids is 1. The second kappa shape index (κ2) is 6.17. The summed E-state index contributed by atoms with van der Waals surface area (Å²) in [7, 11) is 0. The summed E-state index contributed by atoms with van der Waals surface area (Å²) < 4.78 is 0. The molecule has 2 atom stereocenters. The van der Waals surface area contributed by atoms with E-state index in [0.29, 0.717) is 12.0 Å². The number of aryl methyl sites for hydroxylation is 2. The molecule has 1 aromatic carbocycles. The molecule has 0 aliphatic carbocycles. The number of piperidine rings is 1. The van der Waals surface area contributed by atoms with Crippen molar-refractivity contribution in [3.05, 3.63) is 41.1 Å². The number of nitrogens with zero attached hydrogens (tertiary/aromatic N) is 2. The zero-order valence-electron chi connectivity index (χ0n) is 14.5. The maximum Gasteiger partial charge on any atom is 0.254 e. The van der Waals surface area contributed by atoms with Gasteiger partial charge in [0.1, 0.15) is 0 Å². The Morgan fingerprint density at radius 1 is 1.33 bits per heavy atom. The SMILES string of the molecule is CCc1ccc2nc(C)cc(C(=O)N3C[C@@H]4CCCN[C@@H]4C3)c2c1. The van der Waals surface area contributed by atoms with Crippen LogP contribution in [0.15, 0.2) is 24.3 Å². The van der Waals surface area contributed by atoms with Crippen molar-refractivity contribution in [1.82, 2.24) is 15.2 Å². The zero-order valence-corrected chi connectivity index (χ0v) is 14.5. The minimum absolute atomic E-state index is 0.162. The number of rotatable bonds is 2. The van der Waals surface area contributed by atoms with Gasteiger partial charge in [-0.1, -0.05) is 13.0 Å². The highest BCUT2D eigenvalue weighted by atomic mass is 16.2. The monoisotopic (exact) mass is 323 g/mol. The van der Waals surface area contributed by atoms with Gasteiger partial charge in [-0.05, 0) is 62.4 Å². The van der Waals surface area contributed by atoms with Gasteiger partial charge >= 0.3 is 0 Å². The summed E-state index contributed by atoms with van der Waals surface area (Å²) in [6.07, 6.45) is 3.42. The molecule has 0 saturated carbocycles. The standard InChI is InChI=1S/C20H25N3O/c1-3-14-6-7-18-16(10-14)17(9-13(2)22-18)20(24)23-11-15-5-4-8-21-19(15)12-23/h6-7,9-10,15,19,21H,3-5,8,11-12H2,1-2H3/t15-,19+/m0/s1. The molecule has 0 spiro atoms. The lowest BCUT2D eigenvalue weighted by Crippen LogP contribution is -2.41. The number of hydrogen-bond donors (Lipinski definition) is 1. The molecule has 126 valence electrons. The van der Waals surface area contributed by atoms with Crippen LogP contribution in [0.2, 0.25) is 0 Å². The molecule has 3 heterocycles. The van der Waals surface area contributed by atoms with Crippen molar-refractivity contribution >= 4 is 16.8 Å². The minimum atomic E-state index is 0.162. The first kappa shape index (κ1) is 15.6. The van der Waals surface area contributed by atoms with Gasteiger partial charge in [-0.15, -0.1) is 0 Å². The Labute approximate surface area is 143 Å². The van der Waals surface area contributed by atoms with Crippen molar-refractivity contribution in [2.75, 3.05) is 19.6 Å². The number of carbonyl (C=O) groups is 1. The molecule has 1 amide bonds. The van der Waals surface area contributed by atoms with Crippen LogP contribution in [0.25, 0.3) is 10.9 Å². The summed E-state index contributed by atoms with van der Waals surface area (Å²) in [5, 5.41) is 4.57. The van der Waals surface area contributed by atoms with Crippen molar-refractivity contribution in [2.45, 2.75) is 39.2 Å². The highest BCUT2D eigenvalue weighted by molar-refractivity contribution is 6.06. The van der Waals surface area contributed by atoms with Gasteiger partial charge in [0.15, 0.2) is 0 Å². The summed E-state index contributed by atoms with van der Waals surface area (Å²) in [6.45, 7) is 6.91. The fourth-order valence-electron chi connectivity index (χ4n) is 4.19. The van der Waals surface area contributed by atoms with Crippen LogP contribution in [-0.4, -0.2) is 41.5 Å². The van der Waals surface area contributed by atoms with Gasteiger partial charge in [0.05, 0.1) is 11.1 Å². The maximum absolute atomic E-state index is 13.2. The summed E-state index contributed by atoms with van der Waals surface area (Å²) in [6, 6.07) is 8.72. The molecule has 0 bridgehead atoms. The fourth-order valence-corrected chi connectivity index (χ4v) is 4.19. The van der Waals surface area contributed by atoms with Crippen molar-refractivity contribution < 1.29 is 4.79 Å². The minimum Gasteiger partial charge on any atom is -0.337 e. The third-order valence-electron chi connectivity index (χ3n) is 5.53. The molecule has 1 N–H and O–H groups in total. The van der Waals surface area contributed by atoms with E-state index in [9.17, 15) is 4.79 Å². The van der Waals surface area contributed by atoms with Crippen LogP contribution >= 0.6 is 0 Å². The first-order valence-corrected chi connectivity index (χ1v) is 9.08. The van der Waals surface area contributed by atoms with Gasteiger partial charge in [0, 0.05) is 30.2 Å². The Bertz CT molecular complexity index is 772. The molecule has 2 aliphatic heterocycles. The molecule has 1 aromatic heterocycles. The van der Waals surface area contributed by atoms with Crippen LogP contribution in [0.4, 0.5) is 0 Å². The van der Waals surface area contributed by atoms with Crippen LogP contribution in [0.5, 0.6) is 0 Å². The lowest BCUT2D eigenvalue weighted by atomic mass is 9.94. The van der Waals surface area contributed by atoms with E-state index in [2.05, 4.69) is 29.4 Å². The predicted molar refractivity (Wildman–Crippen MR) is 96.3 cm³/mol. The van der Waals surface area contributed by atoms with E-state index in [1.807, 2.05) is 24.0 Å². The number of pyridine rings is 1. The van der Waals surface area contributed by atoms with Gasteiger partial charge in [-0.25, -0.2) is 0 Å². The number of benzene rings is 1. The van der Waals surface area contributed by atoms with Crippen LogP contribution in [0.3, 0.4) is 0 Å². The number of nitrogens with one attached hydrogen (secondary N) is 1. The normalized spacial score (nSPS) is 23.5. The van der Waals surface area contributed by atoms with E-state index in [0.717, 1.165) is 48.2 Å². The second-order valence-corrected chi connectivity index (χ2v) is 7.19. The lowest BCUT2D eigenvalue weighted by Gasteiger charge is -2.24. The Kier molecular flexibility index (Phi) is 4.01. The highest BCUT2D eigenvalue weighted by Gasteiger charge is 2.37. The first-order chi connectivity index (χ1) is 11.7. The number of fused-ring (bicyclic) bond motifs is 2. The van der Waals surface area contributed by atoms with Crippen molar-refractivity contribution in [1.29, 1.82) is 0 Å². The smallest absolute Gasteiger partial charge is 0.254 e. The van der Waals surface area contributed by atoms with Gasteiger partial charge in [0.25, 0.3) is 5.91 Å². The third-order valence-corrected chi connectivity index (χ3v) is 5.53. The summed E-state index contributed by atoms with van der Waals surface area (Å²) >= 11 is 0. The number of aromatic nitrogens is 1.